The molecule has 0 fully saturated rings. The Kier molecular flexibility index (Phi) is 16.1. The number of nitrogens with one attached hydrogen (secondary N) is 1. The van der Waals surface area contributed by atoms with E-state index in [-0.39, 0.29) is 46.6 Å². The topological polar surface area (TPSA) is 77.1 Å². The van der Waals surface area contributed by atoms with Gasteiger partial charge in [0.2, 0.25) is 5.91 Å². The summed E-state index contributed by atoms with van der Waals surface area (Å²) < 4.78 is 16.5. The van der Waals surface area contributed by atoms with Gasteiger partial charge in [-0.1, -0.05) is 55.4 Å². The van der Waals surface area contributed by atoms with Crippen molar-refractivity contribution < 1.29 is 23.8 Å². The largest absolute Gasteiger partial charge is 0.463 e. The van der Waals surface area contributed by atoms with Crippen LogP contribution in [0.3, 0.4) is 0 Å². The third-order valence-electron chi connectivity index (χ3n) is 7.47. The van der Waals surface area contributed by atoms with Crippen LogP contribution in [0.25, 0.3) is 0 Å². The Morgan fingerprint density at radius 2 is 1.44 bits per heavy atom. The molecule has 0 radical (unpaired) electrons. The van der Waals surface area contributed by atoms with E-state index in [2.05, 4.69) is 65.6 Å². The van der Waals surface area contributed by atoms with Crippen LogP contribution in [0.15, 0.2) is 0 Å². The van der Waals surface area contributed by atoms with Crippen molar-refractivity contribution in [2.75, 3.05) is 60.2 Å². The highest BCUT2D eigenvalue weighted by molar-refractivity contribution is 5.78. The summed E-state index contributed by atoms with van der Waals surface area (Å²) in [5, 5.41) is 3.13. The van der Waals surface area contributed by atoms with Crippen LogP contribution < -0.4 is 5.32 Å². The number of rotatable bonds is 19. The first-order valence-corrected chi connectivity index (χ1v) is 13.8. The monoisotopic (exact) mass is 514 g/mol. The lowest BCUT2D eigenvalue weighted by Gasteiger charge is -2.48. The maximum absolute atomic E-state index is 13.4. The first-order chi connectivity index (χ1) is 16.6. The molecule has 0 bridgehead atoms. The number of carbonyl (C=O) groups is 2. The molecule has 214 valence electrons. The summed E-state index contributed by atoms with van der Waals surface area (Å²) in [6.07, 6.45) is 3.12. The van der Waals surface area contributed by atoms with E-state index in [0.717, 1.165) is 19.4 Å². The summed E-state index contributed by atoms with van der Waals surface area (Å²) in [5.74, 6) is -0.461. The van der Waals surface area contributed by atoms with E-state index in [4.69, 9.17) is 14.2 Å². The second kappa shape index (κ2) is 16.6. The molecule has 2 unspecified atom stereocenters. The Balaban J connectivity index is 5.33. The third kappa shape index (κ3) is 13.4. The molecule has 0 aromatic carbocycles. The summed E-state index contributed by atoms with van der Waals surface area (Å²) in [5.41, 5.74) is -0.692. The predicted molar refractivity (Wildman–Crippen MR) is 148 cm³/mol. The van der Waals surface area contributed by atoms with Crippen LogP contribution >= 0.6 is 0 Å². The second-order valence-corrected chi connectivity index (χ2v) is 12.7. The van der Waals surface area contributed by atoms with Crippen LogP contribution in [0.4, 0.5) is 0 Å². The maximum Gasteiger partial charge on any atom is 0.309 e. The van der Waals surface area contributed by atoms with Crippen molar-refractivity contribution in [3.05, 3.63) is 0 Å². The van der Waals surface area contributed by atoms with E-state index >= 15 is 0 Å². The van der Waals surface area contributed by atoms with E-state index < -0.39 is 0 Å². The minimum Gasteiger partial charge on any atom is -0.463 e. The van der Waals surface area contributed by atoms with E-state index in [1.165, 1.54) is 0 Å². The van der Waals surface area contributed by atoms with Gasteiger partial charge in [0.1, 0.15) is 6.61 Å². The number of nitrogens with zero attached hydrogens (tertiary/aromatic N) is 1. The van der Waals surface area contributed by atoms with Crippen LogP contribution in [0.1, 0.15) is 88.0 Å². The zero-order valence-electron chi connectivity index (χ0n) is 25.4. The molecule has 0 aliphatic carbocycles. The molecule has 1 amide bonds. The average Bonchev–Trinajstić information content (AvgIpc) is 2.76. The number of hydrogen-bond donors (Lipinski definition) is 1. The van der Waals surface area contributed by atoms with Gasteiger partial charge in [-0.3, -0.25) is 9.59 Å². The van der Waals surface area contributed by atoms with Crippen LogP contribution in [-0.2, 0) is 23.8 Å². The van der Waals surface area contributed by atoms with Crippen molar-refractivity contribution in [2.45, 2.75) is 88.0 Å². The summed E-state index contributed by atoms with van der Waals surface area (Å²) in [4.78, 5) is 28.5. The lowest BCUT2D eigenvalue weighted by Crippen LogP contribution is -2.47. The highest BCUT2D eigenvalue weighted by Gasteiger charge is 2.49. The van der Waals surface area contributed by atoms with Gasteiger partial charge in [0, 0.05) is 19.1 Å². The van der Waals surface area contributed by atoms with Gasteiger partial charge in [-0.2, -0.15) is 0 Å². The van der Waals surface area contributed by atoms with Crippen LogP contribution in [-0.4, -0.2) is 77.0 Å². The molecule has 0 saturated heterocycles. The minimum absolute atomic E-state index is 0.0427. The minimum atomic E-state index is -0.383. The number of amides is 1. The molecule has 0 aliphatic rings. The fraction of sp³-hybridized carbons (Fsp3) is 0.931. The molecule has 36 heavy (non-hydrogen) atoms. The van der Waals surface area contributed by atoms with Crippen LogP contribution in [0.2, 0.25) is 0 Å². The fourth-order valence-corrected chi connectivity index (χ4v) is 4.44. The standard InChI is InChI=1S/C29H58N2O5/c1-12-23(25(32)30-15-14-16-31(10)11)21-28(6,7)29(8,9)24(22-27(3,4)5)26(33)36-20-19-35-18-17-34-13-2/h23-24H,12-22H2,1-11H3,(H,30,32). The van der Waals surface area contributed by atoms with E-state index in [9.17, 15) is 9.59 Å². The van der Waals surface area contributed by atoms with Gasteiger partial charge in [0.05, 0.1) is 25.7 Å². The molecule has 0 aromatic rings. The van der Waals surface area contributed by atoms with E-state index in [1.54, 1.807) is 0 Å². The van der Waals surface area contributed by atoms with Gasteiger partial charge in [-0.15, -0.1) is 0 Å². The molecule has 0 aromatic heterocycles. The lowest BCUT2D eigenvalue weighted by atomic mass is 9.56. The van der Waals surface area contributed by atoms with Crippen LogP contribution in [0.5, 0.6) is 0 Å². The Labute approximate surface area is 222 Å². The van der Waals surface area contributed by atoms with Crippen molar-refractivity contribution in [1.82, 2.24) is 10.2 Å². The van der Waals surface area contributed by atoms with Crippen molar-refractivity contribution in [2.24, 2.45) is 28.1 Å². The van der Waals surface area contributed by atoms with Crippen molar-refractivity contribution in [3.63, 3.8) is 0 Å². The fourth-order valence-electron chi connectivity index (χ4n) is 4.44. The Bertz CT molecular complexity index is 626. The Hall–Kier alpha value is -1.18. The molecule has 7 nitrogen and oxygen atoms in total. The Morgan fingerprint density at radius 3 is 1.97 bits per heavy atom. The van der Waals surface area contributed by atoms with Crippen molar-refractivity contribution >= 4 is 11.9 Å². The SMILES string of the molecule is CCOCCOCCOC(=O)C(CC(C)(C)C)C(C)(C)C(C)(C)CC(CC)C(=O)NCCCN(C)C. The summed E-state index contributed by atoms with van der Waals surface area (Å²) in [6, 6.07) is 0. The summed E-state index contributed by atoms with van der Waals surface area (Å²) in [6.45, 7) is 23.1. The molecule has 7 heteroatoms. The molecule has 0 rings (SSSR count). The molecule has 2 atom stereocenters. The average molecular weight is 515 g/mol. The number of carbonyl (C=O) groups excluding carboxylic acids is 2. The van der Waals surface area contributed by atoms with Gasteiger partial charge in [0.15, 0.2) is 0 Å². The summed E-state index contributed by atoms with van der Waals surface area (Å²) in [7, 11) is 4.08. The molecule has 0 saturated carbocycles. The highest BCUT2D eigenvalue weighted by atomic mass is 16.6. The maximum atomic E-state index is 13.4. The van der Waals surface area contributed by atoms with Gasteiger partial charge in [-0.25, -0.2) is 0 Å². The first-order valence-electron chi connectivity index (χ1n) is 13.8. The zero-order chi connectivity index (χ0) is 28.0. The Morgan fingerprint density at radius 1 is 0.861 bits per heavy atom. The lowest BCUT2D eigenvalue weighted by molar-refractivity contribution is -0.161. The first kappa shape index (κ1) is 34.8. The molecular formula is C29H58N2O5. The zero-order valence-corrected chi connectivity index (χ0v) is 25.4. The van der Waals surface area contributed by atoms with Gasteiger partial charge in [0.25, 0.3) is 0 Å². The summed E-state index contributed by atoms with van der Waals surface area (Å²) >= 11 is 0. The third-order valence-corrected chi connectivity index (χ3v) is 7.47. The highest BCUT2D eigenvalue weighted by Crippen LogP contribution is 2.51. The van der Waals surface area contributed by atoms with Crippen LogP contribution in [0, 0.1) is 28.1 Å². The van der Waals surface area contributed by atoms with Gasteiger partial charge >= 0.3 is 5.97 Å². The number of esters is 1. The molecule has 1 N–H and O–H groups in total. The van der Waals surface area contributed by atoms with Crippen molar-refractivity contribution in [1.29, 1.82) is 0 Å². The number of hydrogen-bond acceptors (Lipinski definition) is 6. The second-order valence-electron chi connectivity index (χ2n) is 12.7. The smallest absolute Gasteiger partial charge is 0.309 e. The molecule has 0 heterocycles. The number of ether oxygens (including phenoxy) is 3. The predicted octanol–water partition coefficient (Wildman–Crippen LogP) is 5.17. The molecule has 0 aliphatic heterocycles. The van der Waals surface area contributed by atoms with Gasteiger partial charge in [-0.05, 0) is 69.5 Å². The van der Waals surface area contributed by atoms with Gasteiger partial charge < -0.3 is 24.4 Å². The molecule has 0 spiro atoms. The quantitative estimate of drug-likeness (QED) is 0.189. The van der Waals surface area contributed by atoms with E-state index in [1.807, 2.05) is 21.0 Å². The van der Waals surface area contributed by atoms with E-state index in [0.29, 0.717) is 45.8 Å². The van der Waals surface area contributed by atoms with Crippen molar-refractivity contribution in [3.8, 4) is 0 Å². The molecular weight excluding hydrogens is 456 g/mol. The normalized spacial score (nSPS) is 14.6.